The highest BCUT2D eigenvalue weighted by atomic mass is 32.2. The van der Waals surface area contributed by atoms with Crippen molar-refractivity contribution >= 4 is 17.7 Å². The van der Waals surface area contributed by atoms with E-state index in [0.717, 1.165) is 42.5 Å². The van der Waals surface area contributed by atoms with Gasteiger partial charge in [0.25, 0.3) is 0 Å². The third-order valence-electron chi connectivity index (χ3n) is 3.89. The SMILES string of the molecule is CC(C)c1nnc(S[C@@H]2CCCCNC2=O)n1Cc1ccco1. The van der Waals surface area contributed by atoms with E-state index >= 15 is 0 Å². The number of carbonyl (C=O) groups is 1. The van der Waals surface area contributed by atoms with Crippen LogP contribution < -0.4 is 5.32 Å². The van der Waals surface area contributed by atoms with Crippen LogP contribution in [0, 0.1) is 0 Å². The summed E-state index contributed by atoms with van der Waals surface area (Å²) in [6.07, 6.45) is 4.64. The molecule has 3 rings (SSSR count). The Morgan fingerprint density at radius 3 is 3.04 bits per heavy atom. The molecule has 1 aliphatic heterocycles. The van der Waals surface area contributed by atoms with E-state index in [2.05, 4.69) is 33.9 Å². The summed E-state index contributed by atoms with van der Waals surface area (Å²) in [5.74, 6) is 2.14. The zero-order valence-corrected chi connectivity index (χ0v) is 14.3. The fourth-order valence-electron chi connectivity index (χ4n) is 2.67. The third-order valence-corrected chi connectivity index (χ3v) is 5.14. The first-order valence-corrected chi connectivity index (χ1v) is 8.93. The van der Waals surface area contributed by atoms with Gasteiger partial charge in [0, 0.05) is 12.5 Å². The molecule has 1 aliphatic rings. The molecule has 1 fully saturated rings. The van der Waals surface area contributed by atoms with Gasteiger partial charge in [-0.05, 0) is 25.0 Å². The molecule has 0 unspecified atom stereocenters. The number of aromatic nitrogens is 3. The lowest BCUT2D eigenvalue weighted by molar-refractivity contribution is -0.120. The number of hydrogen-bond acceptors (Lipinski definition) is 5. The van der Waals surface area contributed by atoms with Crippen LogP contribution in [-0.2, 0) is 11.3 Å². The summed E-state index contributed by atoms with van der Waals surface area (Å²) in [4.78, 5) is 12.2. The number of hydrogen-bond donors (Lipinski definition) is 1. The van der Waals surface area contributed by atoms with Crippen LogP contribution in [-0.4, -0.2) is 32.5 Å². The summed E-state index contributed by atoms with van der Waals surface area (Å²) in [6.45, 7) is 5.54. The predicted octanol–water partition coefficient (Wildman–Crippen LogP) is 2.80. The van der Waals surface area contributed by atoms with Crippen molar-refractivity contribution in [2.75, 3.05) is 6.54 Å². The van der Waals surface area contributed by atoms with Gasteiger partial charge < -0.3 is 9.73 Å². The van der Waals surface area contributed by atoms with E-state index in [0.29, 0.717) is 6.54 Å². The lowest BCUT2D eigenvalue weighted by Gasteiger charge is -2.14. The van der Waals surface area contributed by atoms with Crippen molar-refractivity contribution < 1.29 is 9.21 Å². The van der Waals surface area contributed by atoms with Crippen molar-refractivity contribution in [3.63, 3.8) is 0 Å². The molecule has 1 atom stereocenters. The normalized spacial score (nSPS) is 18.9. The minimum atomic E-state index is -0.0999. The lowest BCUT2D eigenvalue weighted by Crippen LogP contribution is -2.30. The molecule has 6 nitrogen and oxygen atoms in total. The number of carbonyl (C=O) groups excluding carboxylic acids is 1. The summed E-state index contributed by atoms with van der Waals surface area (Å²) in [5, 5.41) is 12.3. The quantitative estimate of drug-likeness (QED) is 0.910. The number of nitrogens with one attached hydrogen (secondary N) is 1. The van der Waals surface area contributed by atoms with E-state index in [1.165, 1.54) is 11.8 Å². The highest BCUT2D eigenvalue weighted by Gasteiger charge is 2.26. The van der Waals surface area contributed by atoms with Crippen LogP contribution >= 0.6 is 11.8 Å². The molecular formula is C16H22N4O2S. The van der Waals surface area contributed by atoms with E-state index in [4.69, 9.17) is 4.42 Å². The molecule has 0 radical (unpaired) electrons. The predicted molar refractivity (Wildman–Crippen MR) is 88.4 cm³/mol. The Morgan fingerprint density at radius 2 is 2.30 bits per heavy atom. The smallest absolute Gasteiger partial charge is 0.233 e. The van der Waals surface area contributed by atoms with Crippen LogP contribution in [0.2, 0.25) is 0 Å². The maximum atomic E-state index is 12.2. The lowest BCUT2D eigenvalue weighted by atomic mass is 10.2. The molecule has 124 valence electrons. The van der Waals surface area contributed by atoms with Gasteiger partial charge in [-0.2, -0.15) is 0 Å². The monoisotopic (exact) mass is 334 g/mol. The highest BCUT2D eigenvalue weighted by Crippen LogP contribution is 2.29. The minimum absolute atomic E-state index is 0.0999. The van der Waals surface area contributed by atoms with Crippen molar-refractivity contribution in [3.8, 4) is 0 Å². The fourth-order valence-corrected chi connectivity index (χ4v) is 3.77. The number of furan rings is 1. The molecule has 0 saturated carbocycles. The second-order valence-corrected chi connectivity index (χ2v) is 7.22. The molecule has 3 heterocycles. The van der Waals surface area contributed by atoms with E-state index in [-0.39, 0.29) is 17.1 Å². The molecule has 2 aromatic heterocycles. The minimum Gasteiger partial charge on any atom is -0.467 e. The van der Waals surface area contributed by atoms with E-state index in [9.17, 15) is 4.79 Å². The van der Waals surface area contributed by atoms with Gasteiger partial charge in [-0.3, -0.25) is 9.36 Å². The Kier molecular flexibility index (Phi) is 5.05. The molecule has 0 aromatic carbocycles. The van der Waals surface area contributed by atoms with Crippen molar-refractivity contribution in [2.45, 2.75) is 56.0 Å². The largest absolute Gasteiger partial charge is 0.467 e. The topological polar surface area (TPSA) is 73.0 Å². The number of thioether (sulfide) groups is 1. The first-order chi connectivity index (χ1) is 11.1. The summed E-state index contributed by atoms with van der Waals surface area (Å²) >= 11 is 1.51. The summed E-state index contributed by atoms with van der Waals surface area (Å²) in [5.41, 5.74) is 0. The zero-order chi connectivity index (χ0) is 16.2. The first kappa shape index (κ1) is 16.1. The molecule has 2 aromatic rings. The number of amides is 1. The van der Waals surface area contributed by atoms with Gasteiger partial charge in [0.15, 0.2) is 5.16 Å². The number of nitrogens with zero attached hydrogens (tertiary/aromatic N) is 3. The van der Waals surface area contributed by atoms with Gasteiger partial charge in [-0.25, -0.2) is 0 Å². The Labute approximate surface area is 140 Å². The van der Waals surface area contributed by atoms with Gasteiger partial charge in [0.1, 0.15) is 11.6 Å². The highest BCUT2D eigenvalue weighted by molar-refractivity contribution is 8.00. The molecule has 1 N–H and O–H groups in total. The Morgan fingerprint density at radius 1 is 1.43 bits per heavy atom. The summed E-state index contributed by atoms with van der Waals surface area (Å²) < 4.78 is 7.52. The average molecular weight is 334 g/mol. The summed E-state index contributed by atoms with van der Waals surface area (Å²) in [6, 6.07) is 3.82. The van der Waals surface area contributed by atoms with Crippen LogP contribution in [0.3, 0.4) is 0 Å². The molecule has 0 spiro atoms. The van der Waals surface area contributed by atoms with Gasteiger partial charge in [0.05, 0.1) is 18.1 Å². The van der Waals surface area contributed by atoms with Gasteiger partial charge in [0.2, 0.25) is 5.91 Å². The van der Waals surface area contributed by atoms with Gasteiger partial charge in [-0.1, -0.05) is 32.0 Å². The van der Waals surface area contributed by atoms with Crippen molar-refractivity contribution in [3.05, 3.63) is 30.0 Å². The second kappa shape index (κ2) is 7.21. The van der Waals surface area contributed by atoms with Crippen molar-refractivity contribution in [1.82, 2.24) is 20.1 Å². The van der Waals surface area contributed by atoms with Gasteiger partial charge in [-0.15, -0.1) is 10.2 Å². The number of rotatable bonds is 5. The molecule has 23 heavy (non-hydrogen) atoms. The standard InChI is InChI=1S/C16H22N4O2S/c1-11(2)14-18-19-16(20(14)10-12-6-5-9-22-12)23-13-7-3-4-8-17-15(13)21/h5-6,9,11,13H,3-4,7-8,10H2,1-2H3,(H,17,21)/t13-/m1/s1. The summed E-state index contributed by atoms with van der Waals surface area (Å²) in [7, 11) is 0. The van der Waals surface area contributed by atoms with Crippen LogP contribution in [0.1, 0.15) is 50.6 Å². The van der Waals surface area contributed by atoms with Crippen LogP contribution in [0.25, 0.3) is 0 Å². The molecular weight excluding hydrogens is 312 g/mol. The fraction of sp³-hybridized carbons (Fsp3) is 0.562. The van der Waals surface area contributed by atoms with Crippen molar-refractivity contribution in [2.24, 2.45) is 0 Å². The van der Waals surface area contributed by atoms with E-state index < -0.39 is 0 Å². The molecule has 0 bridgehead atoms. The Bertz CT molecular complexity index is 651. The maximum absolute atomic E-state index is 12.2. The van der Waals surface area contributed by atoms with Crippen LogP contribution in [0.15, 0.2) is 28.0 Å². The van der Waals surface area contributed by atoms with Gasteiger partial charge >= 0.3 is 0 Å². The Balaban J connectivity index is 1.84. The average Bonchev–Trinajstić information content (AvgIpc) is 3.11. The van der Waals surface area contributed by atoms with Crippen LogP contribution in [0.5, 0.6) is 0 Å². The molecule has 1 amide bonds. The van der Waals surface area contributed by atoms with E-state index in [1.54, 1.807) is 6.26 Å². The molecule has 7 heteroatoms. The van der Waals surface area contributed by atoms with E-state index in [1.807, 2.05) is 12.1 Å². The van der Waals surface area contributed by atoms with Crippen LogP contribution in [0.4, 0.5) is 0 Å². The second-order valence-electron chi connectivity index (χ2n) is 6.05. The first-order valence-electron chi connectivity index (χ1n) is 8.05. The third kappa shape index (κ3) is 3.77. The zero-order valence-electron chi connectivity index (χ0n) is 13.5. The van der Waals surface area contributed by atoms with Crippen molar-refractivity contribution in [1.29, 1.82) is 0 Å². The molecule has 1 saturated heterocycles. The maximum Gasteiger partial charge on any atom is 0.233 e. The molecule has 0 aliphatic carbocycles. The Hall–Kier alpha value is -1.76.